The smallest absolute Gasteiger partial charge is 0.399 e. The lowest BCUT2D eigenvalue weighted by atomic mass is 9.77. The van der Waals surface area contributed by atoms with Gasteiger partial charge >= 0.3 is 19.5 Å². The molecule has 192 valence electrons. The van der Waals surface area contributed by atoms with Crippen LogP contribution in [0.2, 0.25) is 19.6 Å². The van der Waals surface area contributed by atoms with E-state index in [0.29, 0.717) is 11.5 Å². The van der Waals surface area contributed by atoms with Crippen molar-refractivity contribution >= 4 is 20.9 Å². The lowest BCUT2D eigenvalue weighted by molar-refractivity contribution is -0.240. The van der Waals surface area contributed by atoms with Crippen LogP contribution < -0.4 is 5.46 Å². The van der Waals surface area contributed by atoms with Crippen molar-refractivity contribution in [2.75, 3.05) is 0 Å². The van der Waals surface area contributed by atoms with E-state index in [2.05, 4.69) is 0 Å². The molecule has 0 bridgehead atoms. The average molecular weight is 518 g/mol. The normalized spacial score (nSPS) is 20.1. The SMILES string of the molecule is CC1(C)OB(c2ccc(C(O[Si](C)(C)C)(c3cccc(C(F)(F)F)c3)C(F)(F)F)cc2)OC1(C)C. The monoisotopic (exact) mass is 518 g/mol. The molecule has 0 amide bonds. The van der Waals surface area contributed by atoms with E-state index in [9.17, 15) is 26.3 Å². The number of rotatable bonds is 5. The Balaban J connectivity index is 2.17. The van der Waals surface area contributed by atoms with E-state index >= 15 is 0 Å². The molecule has 11 heteroatoms. The van der Waals surface area contributed by atoms with Crippen LogP contribution in [0.4, 0.5) is 26.3 Å². The van der Waals surface area contributed by atoms with Crippen LogP contribution in [0.15, 0.2) is 48.5 Å². The fraction of sp³-hybridized carbons (Fsp3) is 0.500. The molecule has 1 saturated heterocycles. The lowest BCUT2D eigenvalue weighted by Crippen LogP contribution is -2.51. The van der Waals surface area contributed by atoms with Crippen LogP contribution >= 0.6 is 0 Å². The molecule has 0 N–H and O–H groups in total. The summed E-state index contributed by atoms with van der Waals surface area (Å²) in [5, 5.41) is 0. The highest BCUT2D eigenvalue weighted by Crippen LogP contribution is 2.50. The molecule has 1 aliphatic heterocycles. The van der Waals surface area contributed by atoms with Crippen LogP contribution in [0.1, 0.15) is 44.4 Å². The van der Waals surface area contributed by atoms with Crippen molar-refractivity contribution in [2.24, 2.45) is 0 Å². The summed E-state index contributed by atoms with van der Waals surface area (Å²) in [5.74, 6) is 0. The van der Waals surface area contributed by atoms with Gasteiger partial charge in [0.1, 0.15) is 0 Å². The quantitative estimate of drug-likeness (QED) is 0.327. The zero-order chi connectivity index (χ0) is 26.7. The minimum Gasteiger partial charge on any atom is -0.399 e. The molecule has 1 unspecified atom stereocenters. The fourth-order valence-corrected chi connectivity index (χ4v) is 5.17. The molecule has 1 fully saturated rings. The summed E-state index contributed by atoms with van der Waals surface area (Å²) in [6.45, 7) is 12.1. The van der Waals surface area contributed by atoms with Gasteiger partial charge in [-0.3, -0.25) is 0 Å². The van der Waals surface area contributed by atoms with Crippen molar-refractivity contribution < 1.29 is 40.1 Å². The molecule has 0 spiro atoms. The van der Waals surface area contributed by atoms with Gasteiger partial charge in [-0.15, -0.1) is 0 Å². The highest BCUT2D eigenvalue weighted by molar-refractivity contribution is 6.69. The summed E-state index contributed by atoms with van der Waals surface area (Å²) in [5.41, 5.74) is -6.04. The first-order chi connectivity index (χ1) is 15.7. The Labute approximate surface area is 203 Å². The fourth-order valence-electron chi connectivity index (χ4n) is 3.90. The number of benzene rings is 2. The molecule has 2 aromatic rings. The minimum atomic E-state index is -5.05. The summed E-state index contributed by atoms with van der Waals surface area (Å²) < 4.78 is 103. The number of alkyl halides is 6. The van der Waals surface area contributed by atoms with Crippen LogP contribution in [-0.2, 0) is 25.5 Å². The summed E-state index contributed by atoms with van der Waals surface area (Å²) >= 11 is 0. The van der Waals surface area contributed by atoms with E-state index in [4.69, 9.17) is 13.7 Å². The third-order valence-electron chi connectivity index (χ3n) is 6.30. The van der Waals surface area contributed by atoms with Crippen molar-refractivity contribution in [2.45, 2.75) is 76.5 Å². The third-order valence-corrected chi connectivity index (χ3v) is 7.22. The van der Waals surface area contributed by atoms with Gasteiger partial charge in [0.2, 0.25) is 5.60 Å². The van der Waals surface area contributed by atoms with Gasteiger partial charge in [-0.2, -0.15) is 26.3 Å². The number of halogens is 6. The second-order valence-corrected chi connectivity index (χ2v) is 15.1. The van der Waals surface area contributed by atoms with E-state index in [-0.39, 0.29) is 5.56 Å². The maximum atomic E-state index is 14.9. The van der Waals surface area contributed by atoms with Crippen LogP contribution in [-0.4, -0.2) is 32.8 Å². The predicted octanol–water partition coefficient (Wildman–Crippen LogP) is 6.66. The molecule has 1 heterocycles. The third kappa shape index (κ3) is 5.33. The van der Waals surface area contributed by atoms with Gasteiger partial charge in [-0.25, -0.2) is 0 Å². The van der Waals surface area contributed by atoms with Crippen molar-refractivity contribution in [3.8, 4) is 0 Å². The van der Waals surface area contributed by atoms with Crippen molar-refractivity contribution in [1.82, 2.24) is 0 Å². The topological polar surface area (TPSA) is 27.7 Å². The average Bonchev–Trinajstić information content (AvgIpc) is 2.91. The molecular formula is C24H29BF6O3Si. The van der Waals surface area contributed by atoms with Crippen LogP contribution in [0.25, 0.3) is 0 Å². The Morgan fingerprint density at radius 2 is 1.23 bits per heavy atom. The molecule has 0 saturated carbocycles. The van der Waals surface area contributed by atoms with E-state index in [1.165, 1.54) is 24.3 Å². The van der Waals surface area contributed by atoms with E-state index in [0.717, 1.165) is 18.2 Å². The molecule has 0 radical (unpaired) electrons. The summed E-state index contributed by atoms with van der Waals surface area (Å²) in [7, 11) is -3.76. The summed E-state index contributed by atoms with van der Waals surface area (Å²) in [6, 6.07) is 8.52. The second kappa shape index (κ2) is 8.64. The second-order valence-electron chi connectivity index (χ2n) is 10.7. The lowest BCUT2D eigenvalue weighted by Gasteiger charge is -2.41. The van der Waals surface area contributed by atoms with Gasteiger partial charge in [0, 0.05) is 0 Å². The van der Waals surface area contributed by atoms with Crippen molar-refractivity contribution in [1.29, 1.82) is 0 Å². The number of hydrogen-bond acceptors (Lipinski definition) is 3. The van der Waals surface area contributed by atoms with Crippen molar-refractivity contribution in [3.05, 3.63) is 65.2 Å². The first kappa shape index (κ1) is 27.8. The first-order valence-corrected chi connectivity index (χ1v) is 14.5. The van der Waals surface area contributed by atoms with Crippen molar-refractivity contribution in [3.63, 3.8) is 0 Å². The molecular weight excluding hydrogens is 489 g/mol. The molecule has 0 aliphatic carbocycles. The Hall–Kier alpha value is -1.82. The largest absolute Gasteiger partial charge is 0.494 e. The van der Waals surface area contributed by atoms with Crippen LogP contribution in [0.5, 0.6) is 0 Å². The predicted molar refractivity (Wildman–Crippen MR) is 125 cm³/mol. The van der Waals surface area contributed by atoms with Gasteiger partial charge in [-0.1, -0.05) is 36.4 Å². The van der Waals surface area contributed by atoms with Gasteiger partial charge in [0.15, 0.2) is 8.32 Å². The molecule has 3 nitrogen and oxygen atoms in total. The molecule has 0 aromatic heterocycles. The molecule has 1 aliphatic rings. The minimum absolute atomic E-state index is 0.327. The van der Waals surface area contributed by atoms with E-state index in [1.54, 1.807) is 19.6 Å². The number of hydrogen-bond donors (Lipinski definition) is 0. The zero-order valence-corrected chi connectivity index (χ0v) is 21.7. The Morgan fingerprint density at radius 1 is 0.743 bits per heavy atom. The first-order valence-electron chi connectivity index (χ1n) is 11.1. The standard InChI is InChI=1S/C24H29BF6O3Si/c1-20(2)21(3,4)33-25(32-20)19-13-11-16(12-14-19)22(24(29,30)31,34-35(5,6)7)17-9-8-10-18(15-17)23(26,27)28/h8-15H,1-7H3. The van der Waals surface area contributed by atoms with Crippen LogP contribution in [0, 0.1) is 0 Å². The molecule has 3 rings (SSSR count). The Morgan fingerprint density at radius 3 is 1.66 bits per heavy atom. The molecule has 1 atom stereocenters. The summed E-state index contributed by atoms with van der Waals surface area (Å²) in [4.78, 5) is 0. The van der Waals surface area contributed by atoms with E-state index < -0.39 is 55.7 Å². The van der Waals surface area contributed by atoms with Gasteiger partial charge in [-0.05, 0) is 76.1 Å². The zero-order valence-electron chi connectivity index (χ0n) is 20.7. The Bertz CT molecular complexity index is 1040. The van der Waals surface area contributed by atoms with E-state index in [1.807, 2.05) is 27.7 Å². The van der Waals surface area contributed by atoms with Gasteiger partial charge < -0.3 is 13.7 Å². The molecule has 35 heavy (non-hydrogen) atoms. The summed E-state index contributed by atoms with van der Waals surface area (Å²) in [6.07, 6.45) is -9.86. The Kier molecular flexibility index (Phi) is 6.85. The van der Waals surface area contributed by atoms with Crippen LogP contribution in [0.3, 0.4) is 0 Å². The maximum Gasteiger partial charge on any atom is 0.494 e. The highest BCUT2D eigenvalue weighted by Gasteiger charge is 2.60. The van der Waals surface area contributed by atoms with Gasteiger partial charge in [0.05, 0.1) is 16.8 Å². The maximum absolute atomic E-state index is 14.9. The molecule has 2 aromatic carbocycles. The highest BCUT2D eigenvalue weighted by atomic mass is 28.4. The van der Waals surface area contributed by atoms with Gasteiger partial charge in [0.25, 0.3) is 0 Å².